The maximum atomic E-state index is 13.9. The van der Waals surface area contributed by atoms with Crippen molar-refractivity contribution in [1.29, 1.82) is 0 Å². The number of hydrogen-bond donors (Lipinski definition) is 1. The van der Waals surface area contributed by atoms with Gasteiger partial charge < -0.3 is 19.0 Å². The minimum Gasteiger partial charge on any atom is -0.503 e. The Morgan fingerprint density at radius 2 is 1.75 bits per heavy atom. The molecule has 7 nitrogen and oxygen atoms in total. The van der Waals surface area contributed by atoms with E-state index in [1.165, 1.54) is 12.0 Å². The van der Waals surface area contributed by atoms with Gasteiger partial charge in [0.2, 0.25) is 5.78 Å². The molecule has 0 bridgehead atoms. The molecule has 182 valence electrons. The molecule has 1 aliphatic rings. The lowest BCUT2D eigenvalue weighted by atomic mass is 9.94. The molecule has 1 unspecified atom stereocenters. The number of carbonyl (C=O) groups excluding carboxylic acids is 2. The normalized spacial score (nSPS) is 15.6. The summed E-state index contributed by atoms with van der Waals surface area (Å²) in [7, 11) is 3.06. The number of aliphatic hydroxyl groups excluding tert-OH is 1. The zero-order chi connectivity index (χ0) is 25.6. The molecule has 0 saturated heterocycles. The highest BCUT2D eigenvalue weighted by molar-refractivity contribution is 6.21. The number of para-hydroxylation sites is 1. The molecule has 1 atom stereocenters. The number of methoxy groups -OCH3 is 2. The number of furan rings is 1. The number of nitrogens with zero attached hydrogens (tertiary/aromatic N) is 1. The van der Waals surface area contributed by atoms with Crippen LogP contribution in [-0.2, 0) is 4.79 Å². The molecule has 0 spiro atoms. The topological polar surface area (TPSA) is 89.2 Å². The van der Waals surface area contributed by atoms with E-state index in [1.54, 1.807) is 55.6 Å². The number of amides is 1. The lowest BCUT2D eigenvalue weighted by Crippen LogP contribution is -2.31. The van der Waals surface area contributed by atoms with Crippen molar-refractivity contribution in [2.75, 3.05) is 19.1 Å². The van der Waals surface area contributed by atoms with Gasteiger partial charge in [-0.15, -0.1) is 0 Å². The van der Waals surface area contributed by atoms with Gasteiger partial charge in [-0.3, -0.25) is 14.5 Å². The third-order valence-electron chi connectivity index (χ3n) is 6.43. The van der Waals surface area contributed by atoms with Crippen molar-refractivity contribution in [2.45, 2.75) is 19.9 Å². The van der Waals surface area contributed by atoms with Crippen LogP contribution in [0.15, 0.2) is 82.5 Å². The number of carbonyl (C=O) groups is 2. The number of fused-ring (bicyclic) bond motifs is 1. The van der Waals surface area contributed by atoms with Crippen LogP contribution in [0.3, 0.4) is 0 Å². The molecule has 1 aromatic heterocycles. The SMILES string of the molecule is COc1cccc(C2C(C(=O)c3cc4cccc(OC)c4o3)=C(O)C(=O)N2c2ccc(C)cc2C)c1. The molecule has 36 heavy (non-hydrogen) atoms. The van der Waals surface area contributed by atoms with Gasteiger partial charge in [0.15, 0.2) is 22.9 Å². The summed E-state index contributed by atoms with van der Waals surface area (Å²) in [5.74, 6) is -0.814. The molecule has 7 heteroatoms. The van der Waals surface area contributed by atoms with E-state index in [1.807, 2.05) is 32.0 Å². The number of benzene rings is 3. The van der Waals surface area contributed by atoms with Crippen molar-refractivity contribution in [3.05, 3.63) is 101 Å². The Labute approximate surface area is 208 Å². The zero-order valence-corrected chi connectivity index (χ0v) is 20.4. The summed E-state index contributed by atoms with van der Waals surface area (Å²) in [6, 6.07) is 18.8. The summed E-state index contributed by atoms with van der Waals surface area (Å²) < 4.78 is 16.6. The van der Waals surface area contributed by atoms with Crippen LogP contribution >= 0.6 is 0 Å². The molecular weight excluding hydrogens is 458 g/mol. The van der Waals surface area contributed by atoms with Crippen LogP contribution in [0, 0.1) is 13.8 Å². The minimum absolute atomic E-state index is 0.000718. The van der Waals surface area contributed by atoms with Crippen LogP contribution < -0.4 is 14.4 Å². The molecule has 2 heterocycles. The number of hydrogen-bond acceptors (Lipinski definition) is 6. The molecule has 3 aromatic carbocycles. The highest BCUT2D eigenvalue weighted by atomic mass is 16.5. The van der Waals surface area contributed by atoms with E-state index in [9.17, 15) is 14.7 Å². The Morgan fingerprint density at radius 1 is 0.972 bits per heavy atom. The van der Waals surface area contributed by atoms with Crippen molar-refractivity contribution >= 4 is 28.3 Å². The fourth-order valence-corrected chi connectivity index (χ4v) is 4.73. The van der Waals surface area contributed by atoms with Gasteiger partial charge in [-0.05, 0) is 55.3 Å². The first-order valence-electron chi connectivity index (χ1n) is 11.4. The second-order valence-corrected chi connectivity index (χ2v) is 8.72. The molecule has 0 fully saturated rings. The van der Waals surface area contributed by atoms with E-state index in [0.717, 1.165) is 11.1 Å². The van der Waals surface area contributed by atoms with E-state index in [0.29, 0.717) is 33.7 Å². The van der Waals surface area contributed by atoms with E-state index in [2.05, 4.69) is 0 Å². The maximum absolute atomic E-state index is 13.9. The van der Waals surface area contributed by atoms with Crippen LogP contribution in [-0.4, -0.2) is 31.0 Å². The Hall–Kier alpha value is -4.52. The summed E-state index contributed by atoms with van der Waals surface area (Å²) in [5, 5.41) is 11.7. The minimum atomic E-state index is -0.892. The van der Waals surface area contributed by atoms with Gasteiger partial charge in [-0.1, -0.05) is 42.0 Å². The Bertz CT molecular complexity index is 1550. The van der Waals surface area contributed by atoms with E-state index >= 15 is 0 Å². The summed E-state index contributed by atoms with van der Waals surface area (Å²) >= 11 is 0. The predicted octanol–water partition coefficient (Wildman–Crippen LogP) is 5.85. The summed E-state index contributed by atoms with van der Waals surface area (Å²) in [4.78, 5) is 28.8. The van der Waals surface area contributed by atoms with Crippen LogP contribution in [0.4, 0.5) is 5.69 Å². The van der Waals surface area contributed by atoms with Crippen LogP contribution in [0.25, 0.3) is 11.0 Å². The van der Waals surface area contributed by atoms with Gasteiger partial charge in [0.25, 0.3) is 5.91 Å². The smallest absolute Gasteiger partial charge is 0.294 e. The molecule has 4 aromatic rings. The number of ketones is 1. The molecule has 0 saturated carbocycles. The third-order valence-corrected chi connectivity index (χ3v) is 6.43. The lowest BCUT2D eigenvalue weighted by molar-refractivity contribution is -0.117. The summed E-state index contributed by atoms with van der Waals surface area (Å²) in [6.07, 6.45) is 0. The second-order valence-electron chi connectivity index (χ2n) is 8.72. The number of aliphatic hydroxyl groups is 1. The second kappa shape index (κ2) is 8.92. The molecule has 0 radical (unpaired) electrons. The monoisotopic (exact) mass is 483 g/mol. The zero-order valence-electron chi connectivity index (χ0n) is 20.4. The fourth-order valence-electron chi connectivity index (χ4n) is 4.73. The van der Waals surface area contributed by atoms with Gasteiger partial charge in [0, 0.05) is 11.1 Å². The first-order valence-corrected chi connectivity index (χ1v) is 11.4. The van der Waals surface area contributed by atoms with Gasteiger partial charge in [-0.2, -0.15) is 0 Å². The molecule has 0 aliphatic carbocycles. The number of anilines is 1. The molecule has 1 N–H and O–H groups in total. The van der Waals surface area contributed by atoms with E-state index < -0.39 is 23.5 Å². The van der Waals surface area contributed by atoms with E-state index in [-0.39, 0.29) is 11.3 Å². The number of Topliss-reactive ketones (excluding diaryl/α,β-unsaturated/α-hetero) is 1. The van der Waals surface area contributed by atoms with Crippen molar-refractivity contribution < 1.29 is 28.6 Å². The standard InChI is InChI=1S/C29H25NO6/c1-16-11-12-21(17(2)13-16)30-25(18-7-5-9-20(14-18)34-3)24(27(32)29(30)33)26(31)23-15-19-8-6-10-22(35-4)28(19)36-23/h5-15,25,32H,1-4H3. The first kappa shape index (κ1) is 23.2. The fraction of sp³-hybridized carbons (Fsp3) is 0.172. The Morgan fingerprint density at radius 3 is 2.47 bits per heavy atom. The quantitative estimate of drug-likeness (QED) is 0.346. The summed E-state index contributed by atoms with van der Waals surface area (Å²) in [6.45, 7) is 3.85. The Kier molecular flexibility index (Phi) is 5.76. The van der Waals surface area contributed by atoms with Crippen molar-refractivity contribution in [2.24, 2.45) is 0 Å². The predicted molar refractivity (Wildman–Crippen MR) is 136 cm³/mol. The number of ether oxygens (including phenoxy) is 2. The highest BCUT2D eigenvalue weighted by Crippen LogP contribution is 2.44. The van der Waals surface area contributed by atoms with Gasteiger partial charge in [0.05, 0.1) is 25.8 Å². The number of aryl methyl sites for hydroxylation is 2. The van der Waals surface area contributed by atoms with E-state index in [4.69, 9.17) is 13.9 Å². The van der Waals surface area contributed by atoms with Crippen molar-refractivity contribution in [1.82, 2.24) is 0 Å². The molecule has 5 rings (SSSR count). The molecular formula is C29H25NO6. The van der Waals surface area contributed by atoms with Crippen molar-refractivity contribution in [3.8, 4) is 11.5 Å². The summed E-state index contributed by atoms with van der Waals surface area (Å²) in [5.41, 5.74) is 3.43. The van der Waals surface area contributed by atoms with Gasteiger partial charge in [0.1, 0.15) is 5.75 Å². The largest absolute Gasteiger partial charge is 0.503 e. The van der Waals surface area contributed by atoms with Crippen LogP contribution in [0.2, 0.25) is 0 Å². The van der Waals surface area contributed by atoms with Gasteiger partial charge >= 0.3 is 0 Å². The first-order chi connectivity index (χ1) is 17.3. The third kappa shape index (κ3) is 3.69. The number of rotatable bonds is 6. The van der Waals surface area contributed by atoms with Crippen LogP contribution in [0.1, 0.15) is 33.3 Å². The van der Waals surface area contributed by atoms with Crippen LogP contribution in [0.5, 0.6) is 11.5 Å². The maximum Gasteiger partial charge on any atom is 0.294 e. The average molecular weight is 484 g/mol. The van der Waals surface area contributed by atoms with Crippen molar-refractivity contribution in [3.63, 3.8) is 0 Å². The molecule has 1 aliphatic heterocycles. The lowest BCUT2D eigenvalue weighted by Gasteiger charge is -2.28. The average Bonchev–Trinajstić information content (AvgIpc) is 3.43. The molecule has 1 amide bonds. The van der Waals surface area contributed by atoms with Gasteiger partial charge in [-0.25, -0.2) is 0 Å². The Balaban J connectivity index is 1.69. The highest BCUT2D eigenvalue weighted by Gasteiger charge is 2.46.